The molecular formula is C10H9ClN4O2S. The number of pyridine rings is 1. The van der Waals surface area contributed by atoms with Gasteiger partial charge >= 0.3 is 0 Å². The molecule has 0 radical (unpaired) electrons. The predicted octanol–water partition coefficient (Wildman–Crippen LogP) is 1.00. The van der Waals surface area contributed by atoms with Crippen LogP contribution in [-0.2, 0) is 16.6 Å². The second-order valence-corrected chi connectivity index (χ2v) is 5.49. The molecule has 0 aliphatic carbocycles. The largest absolute Gasteiger partial charge is 0.263 e. The first kappa shape index (κ1) is 12.9. The van der Waals surface area contributed by atoms with Crippen LogP contribution in [0.2, 0.25) is 5.02 Å². The number of hydrogen-bond donors (Lipinski definition) is 1. The van der Waals surface area contributed by atoms with Gasteiger partial charge in [-0.25, -0.2) is 13.1 Å². The minimum atomic E-state index is -3.70. The van der Waals surface area contributed by atoms with Crippen molar-refractivity contribution >= 4 is 21.6 Å². The molecule has 2 heterocycles. The Hall–Kier alpha value is -1.57. The molecule has 0 saturated carbocycles. The number of nitrogens with zero attached hydrogens (tertiary/aromatic N) is 3. The molecule has 0 aliphatic heterocycles. The first-order chi connectivity index (χ1) is 8.59. The van der Waals surface area contributed by atoms with Crippen molar-refractivity contribution in [1.29, 1.82) is 0 Å². The summed E-state index contributed by atoms with van der Waals surface area (Å²) in [7, 11) is -3.70. The summed E-state index contributed by atoms with van der Waals surface area (Å²) in [5.41, 5.74) is 0.515. The Morgan fingerprint density at radius 1 is 1.28 bits per heavy atom. The van der Waals surface area contributed by atoms with E-state index >= 15 is 0 Å². The highest BCUT2D eigenvalue weighted by Gasteiger charge is 2.17. The Bertz CT molecular complexity index is 633. The number of halogens is 1. The molecule has 0 saturated heterocycles. The van der Waals surface area contributed by atoms with E-state index in [0.29, 0.717) is 5.69 Å². The molecule has 2 aromatic rings. The third kappa shape index (κ3) is 3.00. The lowest BCUT2D eigenvalue weighted by Crippen LogP contribution is -2.24. The smallest absolute Gasteiger partial charge is 0.243 e. The van der Waals surface area contributed by atoms with Crippen LogP contribution >= 0.6 is 11.6 Å². The number of nitrogens with one attached hydrogen (secondary N) is 1. The van der Waals surface area contributed by atoms with Crippen LogP contribution in [0.15, 0.2) is 41.7 Å². The van der Waals surface area contributed by atoms with Crippen molar-refractivity contribution in [1.82, 2.24) is 19.9 Å². The highest BCUT2D eigenvalue weighted by atomic mass is 35.5. The first-order valence-electron chi connectivity index (χ1n) is 4.95. The molecular weight excluding hydrogens is 276 g/mol. The van der Waals surface area contributed by atoms with Crippen LogP contribution < -0.4 is 4.72 Å². The molecule has 6 nitrogen and oxygen atoms in total. The second-order valence-electron chi connectivity index (χ2n) is 3.35. The van der Waals surface area contributed by atoms with Gasteiger partial charge in [0.2, 0.25) is 10.0 Å². The summed E-state index contributed by atoms with van der Waals surface area (Å²) < 4.78 is 26.3. The van der Waals surface area contributed by atoms with Gasteiger partial charge in [-0.1, -0.05) is 11.6 Å². The van der Waals surface area contributed by atoms with Crippen molar-refractivity contribution in [2.24, 2.45) is 0 Å². The van der Waals surface area contributed by atoms with Gasteiger partial charge in [-0.3, -0.25) is 4.98 Å². The SMILES string of the molecule is O=S(=O)(NCc1cccnn1)c1cnccc1Cl. The van der Waals surface area contributed by atoms with E-state index in [-0.39, 0.29) is 16.5 Å². The summed E-state index contributed by atoms with van der Waals surface area (Å²) in [6.45, 7) is 0.0431. The predicted molar refractivity (Wildman–Crippen MR) is 65.3 cm³/mol. The minimum Gasteiger partial charge on any atom is -0.263 e. The Balaban J connectivity index is 2.16. The average molecular weight is 285 g/mol. The molecule has 18 heavy (non-hydrogen) atoms. The van der Waals surface area contributed by atoms with Crippen LogP contribution in [0.4, 0.5) is 0 Å². The third-order valence-electron chi connectivity index (χ3n) is 2.09. The Morgan fingerprint density at radius 2 is 2.11 bits per heavy atom. The van der Waals surface area contributed by atoms with Crippen molar-refractivity contribution < 1.29 is 8.42 Å². The van der Waals surface area contributed by atoms with Gasteiger partial charge in [-0.15, -0.1) is 0 Å². The van der Waals surface area contributed by atoms with Crippen LogP contribution in [0, 0.1) is 0 Å². The van der Waals surface area contributed by atoms with Gasteiger partial charge in [0.05, 0.1) is 17.3 Å². The second kappa shape index (κ2) is 5.38. The zero-order valence-electron chi connectivity index (χ0n) is 9.12. The minimum absolute atomic E-state index is 0.0431. The number of aromatic nitrogens is 3. The maximum absolute atomic E-state index is 11.9. The van der Waals surface area contributed by atoms with Gasteiger partial charge in [-0.2, -0.15) is 10.2 Å². The van der Waals surface area contributed by atoms with E-state index < -0.39 is 10.0 Å². The molecule has 0 spiro atoms. The molecule has 0 fully saturated rings. The summed E-state index contributed by atoms with van der Waals surface area (Å²) >= 11 is 5.80. The molecule has 0 aliphatic rings. The molecule has 0 bridgehead atoms. The molecule has 1 N–H and O–H groups in total. The quantitative estimate of drug-likeness (QED) is 0.905. The number of rotatable bonds is 4. The van der Waals surface area contributed by atoms with E-state index in [0.717, 1.165) is 0 Å². The Morgan fingerprint density at radius 3 is 2.78 bits per heavy atom. The Labute approximate surface area is 109 Å². The fourth-order valence-corrected chi connectivity index (χ4v) is 2.66. The fourth-order valence-electron chi connectivity index (χ4n) is 1.24. The lowest BCUT2D eigenvalue weighted by Gasteiger charge is -2.06. The summed E-state index contributed by atoms with van der Waals surface area (Å²) in [4.78, 5) is 3.68. The normalized spacial score (nSPS) is 11.4. The molecule has 2 aromatic heterocycles. The molecule has 0 amide bonds. The van der Waals surface area contributed by atoms with Crippen molar-refractivity contribution in [3.63, 3.8) is 0 Å². The summed E-state index contributed by atoms with van der Waals surface area (Å²) in [5, 5.41) is 7.55. The molecule has 0 aromatic carbocycles. The lowest BCUT2D eigenvalue weighted by molar-refractivity contribution is 0.579. The summed E-state index contributed by atoms with van der Waals surface area (Å²) in [6, 6.07) is 4.76. The first-order valence-corrected chi connectivity index (χ1v) is 6.81. The molecule has 0 unspecified atom stereocenters. The van der Waals surface area contributed by atoms with E-state index in [4.69, 9.17) is 11.6 Å². The number of hydrogen-bond acceptors (Lipinski definition) is 5. The Kier molecular flexibility index (Phi) is 3.85. The highest BCUT2D eigenvalue weighted by molar-refractivity contribution is 7.89. The summed E-state index contributed by atoms with van der Waals surface area (Å²) in [5.74, 6) is 0. The van der Waals surface area contributed by atoms with Gasteiger partial charge in [-0.05, 0) is 18.2 Å². The van der Waals surface area contributed by atoms with Gasteiger partial charge in [0, 0.05) is 18.6 Å². The lowest BCUT2D eigenvalue weighted by atomic mass is 10.4. The standard InChI is InChI=1S/C10H9ClN4O2S/c11-9-3-5-12-7-10(9)18(16,17)14-6-8-2-1-4-13-15-8/h1-5,7,14H,6H2. The number of sulfonamides is 1. The molecule has 8 heteroatoms. The monoisotopic (exact) mass is 284 g/mol. The van der Waals surface area contributed by atoms with Gasteiger partial charge in [0.1, 0.15) is 4.90 Å². The van der Waals surface area contributed by atoms with Crippen LogP contribution in [0.5, 0.6) is 0 Å². The third-order valence-corrected chi connectivity index (χ3v) is 3.96. The van der Waals surface area contributed by atoms with Crippen molar-refractivity contribution in [3.05, 3.63) is 47.5 Å². The van der Waals surface area contributed by atoms with E-state index in [9.17, 15) is 8.42 Å². The van der Waals surface area contributed by atoms with E-state index in [1.54, 1.807) is 12.1 Å². The van der Waals surface area contributed by atoms with Crippen LogP contribution in [0.1, 0.15) is 5.69 Å². The molecule has 94 valence electrons. The van der Waals surface area contributed by atoms with Gasteiger partial charge < -0.3 is 0 Å². The van der Waals surface area contributed by atoms with Gasteiger partial charge in [0.15, 0.2) is 0 Å². The van der Waals surface area contributed by atoms with Crippen molar-refractivity contribution in [2.75, 3.05) is 0 Å². The van der Waals surface area contributed by atoms with Crippen molar-refractivity contribution in [3.8, 4) is 0 Å². The van der Waals surface area contributed by atoms with Gasteiger partial charge in [0.25, 0.3) is 0 Å². The van der Waals surface area contributed by atoms with Crippen LogP contribution in [0.25, 0.3) is 0 Å². The fraction of sp³-hybridized carbons (Fsp3) is 0.100. The average Bonchev–Trinajstić information content (AvgIpc) is 2.38. The van der Waals surface area contributed by atoms with Crippen molar-refractivity contribution in [2.45, 2.75) is 11.4 Å². The topological polar surface area (TPSA) is 84.8 Å². The summed E-state index contributed by atoms with van der Waals surface area (Å²) in [6.07, 6.45) is 4.13. The molecule has 0 atom stereocenters. The maximum atomic E-state index is 11.9. The van der Waals surface area contributed by atoms with E-state index in [1.165, 1.54) is 24.7 Å². The highest BCUT2D eigenvalue weighted by Crippen LogP contribution is 2.18. The van der Waals surface area contributed by atoms with E-state index in [2.05, 4.69) is 19.9 Å². The molecule has 2 rings (SSSR count). The van der Waals surface area contributed by atoms with Crippen LogP contribution in [-0.4, -0.2) is 23.6 Å². The zero-order chi connectivity index (χ0) is 13.0. The maximum Gasteiger partial charge on any atom is 0.243 e. The zero-order valence-corrected chi connectivity index (χ0v) is 10.7. The van der Waals surface area contributed by atoms with E-state index in [1.807, 2.05) is 0 Å². The van der Waals surface area contributed by atoms with Crippen LogP contribution in [0.3, 0.4) is 0 Å².